The van der Waals surface area contributed by atoms with E-state index >= 15 is 0 Å². The number of piperidine rings is 1. The Morgan fingerprint density at radius 3 is 2.31 bits per heavy atom. The van der Waals surface area contributed by atoms with Gasteiger partial charge in [-0.05, 0) is 61.1 Å². The maximum absolute atomic E-state index is 13.3. The predicted octanol–water partition coefficient (Wildman–Crippen LogP) is 5.21. The van der Waals surface area contributed by atoms with Gasteiger partial charge in [-0.15, -0.1) is 0 Å². The summed E-state index contributed by atoms with van der Waals surface area (Å²) in [6.45, 7) is 2.53. The van der Waals surface area contributed by atoms with Crippen molar-refractivity contribution in [2.45, 2.75) is 19.3 Å². The highest BCUT2D eigenvalue weighted by atomic mass is 19.1. The van der Waals surface area contributed by atoms with Gasteiger partial charge in [0.05, 0.1) is 18.0 Å². The summed E-state index contributed by atoms with van der Waals surface area (Å²) in [6, 6.07) is 24.4. The highest BCUT2D eigenvalue weighted by Gasteiger charge is 2.35. The van der Waals surface area contributed by atoms with Crippen LogP contribution in [0.2, 0.25) is 0 Å². The van der Waals surface area contributed by atoms with Crippen LogP contribution in [0, 0.1) is 11.7 Å². The van der Waals surface area contributed by atoms with E-state index in [4.69, 9.17) is 0 Å². The minimum absolute atomic E-state index is 0.0954. The van der Waals surface area contributed by atoms with Crippen LogP contribution in [0.4, 0.5) is 15.8 Å². The van der Waals surface area contributed by atoms with Crippen LogP contribution in [0.3, 0.4) is 0 Å². The second kappa shape index (κ2) is 9.05. The Morgan fingerprint density at radius 2 is 1.56 bits per heavy atom. The fourth-order valence-corrected chi connectivity index (χ4v) is 4.63. The van der Waals surface area contributed by atoms with Gasteiger partial charge < -0.3 is 0 Å². The summed E-state index contributed by atoms with van der Waals surface area (Å²) in [5.74, 6) is 0.275. The van der Waals surface area contributed by atoms with Crippen LogP contribution in [0.1, 0.15) is 24.0 Å². The topological polar surface area (TPSA) is 35.9 Å². The number of hydrogen-bond donors (Lipinski definition) is 0. The first-order chi connectivity index (χ1) is 15.7. The average Bonchev–Trinajstić information content (AvgIpc) is 3.08. The molecule has 1 saturated heterocycles. The number of carbonyl (C=O) groups is 1. The summed E-state index contributed by atoms with van der Waals surface area (Å²) < 4.78 is 13.3. The molecule has 1 amide bonds. The number of anilines is 1. The van der Waals surface area contributed by atoms with Gasteiger partial charge in [-0.2, -0.15) is 0 Å². The number of nitrogens with zero attached hydrogens (tertiary/aromatic N) is 3. The van der Waals surface area contributed by atoms with Gasteiger partial charge in [0, 0.05) is 18.7 Å². The first kappa shape index (κ1) is 20.6. The van der Waals surface area contributed by atoms with E-state index in [-0.39, 0.29) is 11.7 Å². The maximum atomic E-state index is 13.3. The fourth-order valence-electron chi connectivity index (χ4n) is 4.63. The number of fused-ring (bicyclic) bond motifs is 1. The molecule has 32 heavy (non-hydrogen) atoms. The second-order valence-corrected chi connectivity index (χ2v) is 8.58. The molecule has 2 aliphatic heterocycles. The number of benzene rings is 3. The van der Waals surface area contributed by atoms with Crippen LogP contribution in [0.25, 0.3) is 0 Å². The average molecular weight is 428 g/mol. The lowest BCUT2D eigenvalue weighted by atomic mass is 9.90. The van der Waals surface area contributed by atoms with Gasteiger partial charge in [-0.1, -0.05) is 48.5 Å². The number of rotatable bonds is 5. The third-order valence-electron chi connectivity index (χ3n) is 6.38. The normalized spacial score (nSPS) is 18.3. The molecule has 0 N–H and O–H groups in total. The molecule has 5 heteroatoms. The lowest BCUT2D eigenvalue weighted by Gasteiger charge is -2.34. The Labute approximate surface area is 188 Å². The largest absolute Gasteiger partial charge is 0.293 e. The standard InChI is InChI=1S/C27H26FN3O/c28-22-10-12-23(13-11-22)29-26-24-8-4-5-9-25(24)31(27(26)32)19-30-16-14-21(15-17-30)18-20-6-2-1-3-7-20/h1-13,21H,14-19H2. The van der Waals surface area contributed by atoms with Crippen molar-refractivity contribution in [2.75, 3.05) is 24.7 Å². The molecule has 0 radical (unpaired) electrons. The van der Waals surface area contributed by atoms with Crippen molar-refractivity contribution in [2.24, 2.45) is 10.9 Å². The van der Waals surface area contributed by atoms with E-state index in [1.807, 2.05) is 29.2 Å². The SMILES string of the molecule is O=C1C(=Nc2ccc(F)cc2)c2ccccc2N1CN1CCC(Cc2ccccc2)CC1. The van der Waals surface area contributed by atoms with Crippen molar-refractivity contribution >= 4 is 23.0 Å². The molecule has 4 nitrogen and oxygen atoms in total. The molecule has 3 aromatic carbocycles. The van der Waals surface area contributed by atoms with Crippen molar-refractivity contribution in [1.29, 1.82) is 0 Å². The highest BCUT2D eigenvalue weighted by Crippen LogP contribution is 2.32. The van der Waals surface area contributed by atoms with Crippen molar-refractivity contribution < 1.29 is 9.18 Å². The first-order valence-corrected chi connectivity index (χ1v) is 11.2. The number of likely N-dealkylation sites (tertiary alicyclic amines) is 1. The molecule has 1 fully saturated rings. The Morgan fingerprint density at radius 1 is 0.875 bits per heavy atom. The van der Waals surface area contributed by atoms with Crippen molar-refractivity contribution in [3.05, 3.63) is 95.8 Å². The van der Waals surface area contributed by atoms with E-state index in [2.05, 4.69) is 40.2 Å². The van der Waals surface area contributed by atoms with Crippen LogP contribution < -0.4 is 4.90 Å². The van der Waals surface area contributed by atoms with Crippen LogP contribution in [0.15, 0.2) is 83.9 Å². The minimum Gasteiger partial charge on any atom is -0.293 e. The zero-order chi connectivity index (χ0) is 21.9. The summed E-state index contributed by atoms with van der Waals surface area (Å²) in [5, 5.41) is 0. The Balaban J connectivity index is 1.28. The van der Waals surface area contributed by atoms with Crippen molar-refractivity contribution in [3.63, 3.8) is 0 Å². The summed E-state index contributed by atoms with van der Waals surface area (Å²) in [6.07, 6.45) is 3.39. The third-order valence-corrected chi connectivity index (χ3v) is 6.38. The molecule has 0 spiro atoms. The summed E-state index contributed by atoms with van der Waals surface area (Å²) in [4.78, 5) is 22.1. The molecule has 2 heterocycles. The summed E-state index contributed by atoms with van der Waals surface area (Å²) in [5.41, 5.74) is 4.13. The maximum Gasteiger partial charge on any atom is 0.278 e. The van der Waals surface area contributed by atoms with Crippen LogP contribution in [0.5, 0.6) is 0 Å². The molecular formula is C27H26FN3O. The molecule has 5 rings (SSSR count). The first-order valence-electron chi connectivity index (χ1n) is 11.2. The van der Waals surface area contributed by atoms with E-state index in [0.717, 1.165) is 43.6 Å². The highest BCUT2D eigenvalue weighted by molar-refractivity contribution is 6.54. The third kappa shape index (κ3) is 4.34. The number of para-hydroxylation sites is 1. The monoisotopic (exact) mass is 427 g/mol. The van der Waals surface area contributed by atoms with Gasteiger partial charge in [0.1, 0.15) is 11.5 Å². The second-order valence-electron chi connectivity index (χ2n) is 8.58. The smallest absolute Gasteiger partial charge is 0.278 e. The lowest BCUT2D eigenvalue weighted by Crippen LogP contribution is -2.44. The summed E-state index contributed by atoms with van der Waals surface area (Å²) >= 11 is 0. The van der Waals surface area contributed by atoms with Gasteiger partial charge in [0.2, 0.25) is 0 Å². The van der Waals surface area contributed by atoms with E-state index in [1.54, 1.807) is 12.1 Å². The van der Waals surface area contributed by atoms with E-state index in [9.17, 15) is 9.18 Å². The van der Waals surface area contributed by atoms with E-state index in [0.29, 0.717) is 24.0 Å². The van der Waals surface area contributed by atoms with E-state index in [1.165, 1.54) is 17.7 Å². The lowest BCUT2D eigenvalue weighted by molar-refractivity contribution is -0.112. The predicted molar refractivity (Wildman–Crippen MR) is 126 cm³/mol. The van der Waals surface area contributed by atoms with Crippen molar-refractivity contribution in [3.8, 4) is 0 Å². The molecule has 162 valence electrons. The molecule has 0 atom stereocenters. The number of carbonyl (C=O) groups excluding carboxylic acids is 1. The van der Waals surface area contributed by atoms with E-state index < -0.39 is 0 Å². The van der Waals surface area contributed by atoms with Gasteiger partial charge >= 0.3 is 0 Å². The molecule has 0 unspecified atom stereocenters. The zero-order valence-corrected chi connectivity index (χ0v) is 18.0. The van der Waals surface area contributed by atoms with Crippen LogP contribution in [-0.2, 0) is 11.2 Å². The number of amides is 1. The van der Waals surface area contributed by atoms with Gasteiger partial charge in [0.15, 0.2) is 0 Å². The van der Waals surface area contributed by atoms with Crippen molar-refractivity contribution in [1.82, 2.24) is 4.90 Å². The molecule has 0 aromatic heterocycles. The molecule has 2 aliphatic rings. The van der Waals surface area contributed by atoms with Crippen LogP contribution in [-0.4, -0.2) is 36.3 Å². The number of aliphatic imine (C=N–C) groups is 1. The quantitative estimate of drug-likeness (QED) is 0.561. The molecule has 3 aromatic rings. The van der Waals surface area contributed by atoms with Gasteiger partial charge in [-0.25, -0.2) is 9.38 Å². The molecule has 0 saturated carbocycles. The zero-order valence-electron chi connectivity index (χ0n) is 18.0. The summed E-state index contributed by atoms with van der Waals surface area (Å²) in [7, 11) is 0. The fraction of sp³-hybridized carbons (Fsp3) is 0.259. The minimum atomic E-state index is -0.315. The van der Waals surface area contributed by atoms with Gasteiger partial charge in [-0.3, -0.25) is 14.6 Å². The Bertz CT molecular complexity index is 1120. The molecular weight excluding hydrogens is 401 g/mol. The van der Waals surface area contributed by atoms with Crippen LogP contribution >= 0.6 is 0 Å². The molecule has 0 bridgehead atoms. The Hall–Kier alpha value is -3.31. The van der Waals surface area contributed by atoms with Gasteiger partial charge in [0.25, 0.3) is 5.91 Å². The Kier molecular flexibility index (Phi) is 5.82. The number of hydrogen-bond acceptors (Lipinski definition) is 3. The number of halogens is 1. The molecule has 0 aliphatic carbocycles.